The molecule has 1 heterocycles. The number of likely N-dealkylation sites (tertiary alicyclic amines) is 1. The highest BCUT2D eigenvalue weighted by Gasteiger charge is 2.33. The number of hydrogen-bond acceptors (Lipinski definition) is 2. The zero-order valence-electron chi connectivity index (χ0n) is 11.6. The maximum absolute atomic E-state index is 12.5. The fraction of sp³-hybridized carbons (Fsp3) is 0.600. The minimum absolute atomic E-state index is 0.419. The topological polar surface area (TPSA) is 23.5 Å². The van der Waals surface area contributed by atoms with Crippen LogP contribution in [0.3, 0.4) is 0 Å². The second-order valence-corrected chi connectivity index (χ2v) is 5.53. The highest BCUT2D eigenvalue weighted by Crippen LogP contribution is 2.31. The van der Waals surface area contributed by atoms with Gasteiger partial charge in [-0.3, -0.25) is 0 Å². The summed E-state index contributed by atoms with van der Waals surface area (Å²) >= 11 is 0. The van der Waals surface area contributed by atoms with Crippen LogP contribution >= 0.6 is 0 Å². The third kappa shape index (κ3) is 3.73. The van der Waals surface area contributed by atoms with E-state index in [2.05, 4.69) is 11.8 Å². The standard InChI is InChI=1S/C15H20F3NO/c1-2-19-9-7-14(20,8-10-19)11-12-3-5-13(6-4-12)15(16,17)18/h3-6,20H,2,7-11H2,1H3. The molecule has 1 saturated heterocycles. The molecule has 0 atom stereocenters. The Balaban J connectivity index is 2.00. The summed E-state index contributed by atoms with van der Waals surface area (Å²) in [5.74, 6) is 0. The van der Waals surface area contributed by atoms with Crippen LogP contribution in [0.4, 0.5) is 13.2 Å². The molecular formula is C15H20F3NO. The van der Waals surface area contributed by atoms with Gasteiger partial charge in [0.15, 0.2) is 0 Å². The van der Waals surface area contributed by atoms with Gasteiger partial charge in [-0.1, -0.05) is 19.1 Å². The molecule has 1 N–H and O–H groups in total. The molecule has 0 unspecified atom stereocenters. The summed E-state index contributed by atoms with van der Waals surface area (Å²) in [7, 11) is 0. The zero-order valence-corrected chi connectivity index (χ0v) is 11.6. The minimum atomic E-state index is -4.30. The van der Waals surface area contributed by atoms with Crippen LogP contribution in [-0.2, 0) is 12.6 Å². The van der Waals surface area contributed by atoms with Gasteiger partial charge in [0.1, 0.15) is 0 Å². The minimum Gasteiger partial charge on any atom is -0.389 e. The van der Waals surface area contributed by atoms with Gasteiger partial charge in [0.2, 0.25) is 0 Å². The molecule has 5 heteroatoms. The average molecular weight is 287 g/mol. The predicted molar refractivity (Wildman–Crippen MR) is 71.4 cm³/mol. The van der Waals surface area contributed by atoms with Crippen molar-refractivity contribution in [3.8, 4) is 0 Å². The molecular weight excluding hydrogens is 267 g/mol. The lowest BCUT2D eigenvalue weighted by Gasteiger charge is -2.38. The Bertz CT molecular complexity index is 433. The normalized spacial score (nSPS) is 20.1. The molecule has 2 rings (SSSR count). The molecule has 1 aromatic rings. The first kappa shape index (κ1) is 15.3. The van der Waals surface area contributed by atoms with Crippen LogP contribution in [0.2, 0.25) is 0 Å². The van der Waals surface area contributed by atoms with E-state index in [1.807, 2.05) is 0 Å². The lowest BCUT2D eigenvalue weighted by atomic mass is 9.85. The monoisotopic (exact) mass is 287 g/mol. The van der Waals surface area contributed by atoms with Gasteiger partial charge in [0.25, 0.3) is 0 Å². The van der Waals surface area contributed by atoms with E-state index in [0.29, 0.717) is 19.3 Å². The van der Waals surface area contributed by atoms with E-state index in [0.717, 1.165) is 37.3 Å². The molecule has 0 aromatic heterocycles. The molecule has 1 aliphatic heterocycles. The lowest BCUT2D eigenvalue weighted by Crippen LogP contribution is -2.45. The van der Waals surface area contributed by atoms with Crippen LogP contribution in [0, 0.1) is 0 Å². The van der Waals surface area contributed by atoms with Crippen LogP contribution in [0.5, 0.6) is 0 Å². The molecule has 1 aromatic carbocycles. The summed E-state index contributed by atoms with van der Waals surface area (Å²) in [6, 6.07) is 5.10. The fourth-order valence-corrected chi connectivity index (χ4v) is 2.65. The van der Waals surface area contributed by atoms with E-state index >= 15 is 0 Å². The SMILES string of the molecule is CCN1CCC(O)(Cc2ccc(C(F)(F)F)cc2)CC1. The number of benzene rings is 1. The van der Waals surface area contributed by atoms with Crippen molar-refractivity contribution in [1.29, 1.82) is 0 Å². The number of halogens is 3. The Labute approximate surface area is 117 Å². The quantitative estimate of drug-likeness (QED) is 0.923. The molecule has 0 amide bonds. The van der Waals surface area contributed by atoms with E-state index < -0.39 is 17.3 Å². The van der Waals surface area contributed by atoms with Crippen LogP contribution in [0.15, 0.2) is 24.3 Å². The largest absolute Gasteiger partial charge is 0.416 e. The van der Waals surface area contributed by atoms with Crippen molar-refractivity contribution in [1.82, 2.24) is 4.90 Å². The second kappa shape index (κ2) is 5.74. The Kier molecular flexibility index (Phi) is 4.39. The van der Waals surface area contributed by atoms with Crippen molar-refractivity contribution in [2.24, 2.45) is 0 Å². The smallest absolute Gasteiger partial charge is 0.389 e. The summed E-state index contributed by atoms with van der Waals surface area (Å²) in [6.45, 7) is 4.73. The molecule has 2 nitrogen and oxygen atoms in total. The van der Waals surface area contributed by atoms with Crippen molar-refractivity contribution in [3.05, 3.63) is 35.4 Å². The van der Waals surface area contributed by atoms with E-state index in [-0.39, 0.29) is 0 Å². The maximum Gasteiger partial charge on any atom is 0.416 e. The van der Waals surface area contributed by atoms with Gasteiger partial charge >= 0.3 is 6.18 Å². The van der Waals surface area contributed by atoms with Gasteiger partial charge < -0.3 is 10.0 Å². The third-order valence-electron chi connectivity index (χ3n) is 4.05. The summed E-state index contributed by atoms with van der Waals surface area (Å²) in [6.07, 6.45) is -2.55. The van der Waals surface area contributed by atoms with E-state index in [1.165, 1.54) is 12.1 Å². The predicted octanol–water partition coefficient (Wildman–Crippen LogP) is 3.09. The number of piperidine rings is 1. The van der Waals surface area contributed by atoms with Crippen LogP contribution < -0.4 is 0 Å². The van der Waals surface area contributed by atoms with Crippen LogP contribution in [-0.4, -0.2) is 35.2 Å². The Morgan fingerprint density at radius 2 is 1.70 bits per heavy atom. The molecule has 0 radical (unpaired) electrons. The highest BCUT2D eigenvalue weighted by atomic mass is 19.4. The van der Waals surface area contributed by atoms with E-state index in [4.69, 9.17) is 0 Å². The number of alkyl halides is 3. The fourth-order valence-electron chi connectivity index (χ4n) is 2.65. The van der Waals surface area contributed by atoms with E-state index in [9.17, 15) is 18.3 Å². The van der Waals surface area contributed by atoms with Gasteiger partial charge in [-0.2, -0.15) is 13.2 Å². The summed E-state index contributed by atoms with van der Waals surface area (Å²) < 4.78 is 37.4. The summed E-state index contributed by atoms with van der Waals surface area (Å²) in [4.78, 5) is 2.27. The van der Waals surface area contributed by atoms with Crippen molar-refractivity contribution in [2.45, 2.75) is 38.0 Å². The zero-order chi connectivity index (χ0) is 14.8. The second-order valence-electron chi connectivity index (χ2n) is 5.53. The molecule has 1 fully saturated rings. The lowest BCUT2D eigenvalue weighted by molar-refractivity contribution is -0.137. The first-order valence-electron chi connectivity index (χ1n) is 6.93. The summed E-state index contributed by atoms with van der Waals surface area (Å²) in [5.41, 5.74) is -0.676. The molecule has 1 aliphatic rings. The number of rotatable bonds is 3. The molecule has 0 aliphatic carbocycles. The summed E-state index contributed by atoms with van der Waals surface area (Å²) in [5, 5.41) is 10.5. The Morgan fingerprint density at radius 1 is 1.15 bits per heavy atom. The van der Waals surface area contributed by atoms with Crippen molar-refractivity contribution in [3.63, 3.8) is 0 Å². The van der Waals surface area contributed by atoms with Crippen molar-refractivity contribution >= 4 is 0 Å². The van der Waals surface area contributed by atoms with Crippen molar-refractivity contribution in [2.75, 3.05) is 19.6 Å². The van der Waals surface area contributed by atoms with Gasteiger partial charge in [-0.25, -0.2) is 0 Å². The third-order valence-corrected chi connectivity index (χ3v) is 4.05. The van der Waals surface area contributed by atoms with Gasteiger partial charge in [-0.05, 0) is 37.1 Å². The molecule has 0 spiro atoms. The van der Waals surface area contributed by atoms with Crippen LogP contribution in [0.1, 0.15) is 30.9 Å². The van der Waals surface area contributed by atoms with Crippen LogP contribution in [0.25, 0.3) is 0 Å². The molecule has 0 bridgehead atoms. The van der Waals surface area contributed by atoms with Gasteiger partial charge in [0.05, 0.1) is 11.2 Å². The number of nitrogens with zero attached hydrogens (tertiary/aromatic N) is 1. The average Bonchev–Trinajstić information content (AvgIpc) is 2.39. The Hall–Kier alpha value is -1.07. The first-order chi connectivity index (χ1) is 9.32. The van der Waals surface area contributed by atoms with Gasteiger partial charge in [-0.15, -0.1) is 0 Å². The van der Waals surface area contributed by atoms with Gasteiger partial charge in [0, 0.05) is 19.5 Å². The Morgan fingerprint density at radius 3 is 2.15 bits per heavy atom. The molecule has 112 valence electrons. The molecule has 20 heavy (non-hydrogen) atoms. The first-order valence-corrected chi connectivity index (χ1v) is 6.93. The highest BCUT2D eigenvalue weighted by molar-refractivity contribution is 5.25. The molecule has 0 saturated carbocycles. The van der Waals surface area contributed by atoms with E-state index in [1.54, 1.807) is 0 Å². The van der Waals surface area contributed by atoms with Crippen molar-refractivity contribution < 1.29 is 18.3 Å². The number of hydrogen-bond donors (Lipinski definition) is 1. The number of aliphatic hydroxyl groups is 1. The maximum atomic E-state index is 12.5.